The smallest absolute Gasteiger partial charge is 0.407 e. The van der Waals surface area contributed by atoms with E-state index in [1.807, 2.05) is 0 Å². The third kappa shape index (κ3) is 2.09. The van der Waals surface area contributed by atoms with E-state index in [0.29, 0.717) is 11.8 Å². The van der Waals surface area contributed by atoms with Crippen LogP contribution in [0.4, 0.5) is 4.79 Å². The fraction of sp³-hybridized carbons (Fsp3) is 0.733. The minimum Gasteiger partial charge on any atom is -0.481 e. The van der Waals surface area contributed by atoms with Gasteiger partial charge in [0.1, 0.15) is 6.61 Å². The van der Waals surface area contributed by atoms with Gasteiger partial charge in [0.2, 0.25) is 0 Å². The summed E-state index contributed by atoms with van der Waals surface area (Å²) in [6.45, 7) is 3.65. The molecule has 1 amide bonds. The molecule has 5 heteroatoms. The van der Waals surface area contributed by atoms with E-state index in [9.17, 15) is 14.7 Å². The lowest BCUT2D eigenvalue weighted by atomic mass is 9.48. The molecule has 5 nitrogen and oxygen atoms in total. The maximum atomic E-state index is 11.9. The van der Waals surface area contributed by atoms with E-state index in [0.717, 1.165) is 25.7 Å². The van der Waals surface area contributed by atoms with E-state index < -0.39 is 23.5 Å². The third-order valence-electron chi connectivity index (χ3n) is 5.26. The molecule has 4 rings (SSSR count). The molecule has 0 heterocycles. The first kappa shape index (κ1) is 13.5. The quantitative estimate of drug-likeness (QED) is 0.773. The van der Waals surface area contributed by atoms with Crippen LogP contribution in [-0.2, 0) is 9.53 Å². The molecule has 3 atom stereocenters. The standard InChI is InChI=1S/C15H21NO4/c1-2-3-20-14(19)16-15-7-9-4-10(8-15)6-11(5-9)12(15)13(17)18/h2,9-12H,1,3-8H2,(H,16,19)(H,17,18). The molecule has 4 bridgehead atoms. The van der Waals surface area contributed by atoms with Crippen molar-refractivity contribution < 1.29 is 19.4 Å². The molecule has 4 aliphatic rings. The van der Waals surface area contributed by atoms with Gasteiger partial charge in [-0.25, -0.2) is 4.79 Å². The lowest BCUT2D eigenvalue weighted by Gasteiger charge is -2.59. The highest BCUT2D eigenvalue weighted by molar-refractivity contribution is 5.76. The number of nitrogens with one attached hydrogen (secondary N) is 1. The molecule has 4 fully saturated rings. The molecule has 20 heavy (non-hydrogen) atoms. The van der Waals surface area contributed by atoms with Crippen molar-refractivity contribution in [2.75, 3.05) is 6.61 Å². The molecule has 0 saturated heterocycles. The van der Waals surface area contributed by atoms with E-state index >= 15 is 0 Å². The monoisotopic (exact) mass is 279 g/mol. The van der Waals surface area contributed by atoms with Crippen LogP contribution >= 0.6 is 0 Å². The van der Waals surface area contributed by atoms with E-state index in [1.165, 1.54) is 12.5 Å². The third-order valence-corrected chi connectivity index (χ3v) is 5.26. The summed E-state index contributed by atoms with van der Waals surface area (Å²) < 4.78 is 5.00. The molecule has 0 aromatic heterocycles. The number of rotatable bonds is 4. The molecule has 4 saturated carbocycles. The zero-order valence-electron chi connectivity index (χ0n) is 11.5. The second kappa shape index (κ2) is 4.79. The first-order valence-electron chi connectivity index (χ1n) is 7.32. The van der Waals surface area contributed by atoms with Crippen molar-refractivity contribution in [3.63, 3.8) is 0 Å². The van der Waals surface area contributed by atoms with E-state index in [2.05, 4.69) is 11.9 Å². The summed E-state index contributed by atoms with van der Waals surface area (Å²) in [7, 11) is 0. The Morgan fingerprint density at radius 3 is 2.50 bits per heavy atom. The Hall–Kier alpha value is -1.52. The zero-order valence-corrected chi connectivity index (χ0v) is 11.5. The van der Waals surface area contributed by atoms with Gasteiger partial charge in [-0.1, -0.05) is 12.7 Å². The second-order valence-corrected chi connectivity index (χ2v) is 6.59. The molecule has 2 N–H and O–H groups in total. The molecule has 0 aliphatic heterocycles. The van der Waals surface area contributed by atoms with Gasteiger partial charge < -0.3 is 15.2 Å². The summed E-state index contributed by atoms with van der Waals surface area (Å²) in [5.41, 5.74) is -0.598. The van der Waals surface area contributed by atoms with Gasteiger partial charge in [0.05, 0.1) is 11.5 Å². The first-order valence-corrected chi connectivity index (χ1v) is 7.32. The fourth-order valence-corrected chi connectivity index (χ4v) is 5.03. The van der Waals surface area contributed by atoms with Crippen LogP contribution in [0.25, 0.3) is 0 Å². The normalized spacial score (nSPS) is 41.2. The van der Waals surface area contributed by atoms with Crippen LogP contribution in [0, 0.1) is 23.7 Å². The van der Waals surface area contributed by atoms with Crippen LogP contribution in [0.2, 0.25) is 0 Å². The fourth-order valence-electron chi connectivity index (χ4n) is 5.03. The Balaban J connectivity index is 1.81. The van der Waals surface area contributed by atoms with Gasteiger partial charge in [-0.15, -0.1) is 0 Å². The lowest BCUT2D eigenvalue weighted by Crippen LogP contribution is -2.67. The van der Waals surface area contributed by atoms with Crippen molar-refractivity contribution in [2.45, 2.75) is 37.6 Å². The van der Waals surface area contributed by atoms with Crippen molar-refractivity contribution >= 4 is 12.1 Å². The summed E-state index contributed by atoms with van der Waals surface area (Å²) in [6, 6.07) is 0. The molecule has 0 spiro atoms. The van der Waals surface area contributed by atoms with Gasteiger partial charge in [-0.3, -0.25) is 4.79 Å². The average molecular weight is 279 g/mol. The number of ether oxygens (including phenoxy) is 1. The van der Waals surface area contributed by atoms with Gasteiger partial charge >= 0.3 is 12.1 Å². The number of carbonyl (C=O) groups is 2. The Bertz CT molecular complexity index is 433. The molecular weight excluding hydrogens is 258 g/mol. The summed E-state index contributed by atoms with van der Waals surface area (Å²) in [4.78, 5) is 23.6. The highest BCUT2D eigenvalue weighted by Gasteiger charge is 2.60. The number of alkyl carbamates (subject to hydrolysis) is 1. The van der Waals surface area contributed by atoms with Crippen LogP contribution in [-0.4, -0.2) is 29.3 Å². The number of carboxylic acid groups (broad SMARTS) is 1. The summed E-state index contributed by atoms with van der Waals surface area (Å²) in [6.07, 6.45) is 5.73. The highest BCUT2D eigenvalue weighted by Crippen LogP contribution is 2.58. The van der Waals surface area contributed by atoms with Gasteiger partial charge in [-0.2, -0.15) is 0 Å². The number of hydrogen-bond donors (Lipinski definition) is 2. The molecule has 3 unspecified atom stereocenters. The Morgan fingerprint density at radius 2 is 1.95 bits per heavy atom. The Kier molecular flexibility index (Phi) is 3.22. The summed E-state index contributed by atoms with van der Waals surface area (Å²) >= 11 is 0. The van der Waals surface area contributed by atoms with Gasteiger partial charge in [0, 0.05) is 0 Å². The van der Waals surface area contributed by atoms with Crippen LogP contribution in [0.5, 0.6) is 0 Å². The number of amides is 1. The number of carbonyl (C=O) groups excluding carboxylic acids is 1. The van der Waals surface area contributed by atoms with Gasteiger partial charge in [0.15, 0.2) is 0 Å². The SMILES string of the molecule is C=CCOC(=O)NC12CC3CC(CC(C3)C1C(=O)O)C2. The highest BCUT2D eigenvalue weighted by atomic mass is 16.5. The molecule has 0 aromatic rings. The second-order valence-electron chi connectivity index (χ2n) is 6.59. The number of aliphatic carboxylic acids is 1. The predicted molar refractivity (Wildman–Crippen MR) is 72.1 cm³/mol. The number of hydrogen-bond acceptors (Lipinski definition) is 3. The minimum absolute atomic E-state index is 0.149. The van der Waals surface area contributed by atoms with Crippen molar-refractivity contribution in [2.24, 2.45) is 23.7 Å². The van der Waals surface area contributed by atoms with Gasteiger partial charge in [-0.05, 0) is 49.9 Å². The molecule has 110 valence electrons. The van der Waals surface area contributed by atoms with Crippen LogP contribution in [0.1, 0.15) is 32.1 Å². The molecular formula is C15H21NO4. The number of carboxylic acids is 1. The topological polar surface area (TPSA) is 75.6 Å². The van der Waals surface area contributed by atoms with E-state index in [-0.39, 0.29) is 12.5 Å². The van der Waals surface area contributed by atoms with Crippen LogP contribution < -0.4 is 5.32 Å². The maximum absolute atomic E-state index is 11.9. The summed E-state index contributed by atoms with van der Waals surface area (Å²) in [5.74, 6) is 0.0773. The predicted octanol–water partition coefficient (Wildman–Crippen LogP) is 2.18. The van der Waals surface area contributed by atoms with Crippen LogP contribution in [0.15, 0.2) is 12.7 Å². The zero-order chi connectivity index (χ0) is 14.3. The van der Waals surface area contributed by atoms with E-state index in [1.54, 1.807) is 0 Å². The maximum Gasteiger partial charge on any atom is 0.407 e. The van der Waals surface area contributed by atoms with Crippen molar-refractivity contribution in [3.8, 4) is 0 Å². The molecule has 0 aromatic carbocycles. The Morgan fingerprint density at radius 1 is 1.30 bits per heavy atom. The summed E-state index contributed by atoms with van der Waals surface area (Å²) in [5, 5.41) is 12.5. The first-order chi connectivity index (χ1) is 9.54. The van der Waals surface area contributed by atoms with Crippen molar-refractivity contribution in [1.29, 1.82) is 0 Å². The average Bonchev–Trinajstić information content (AvgIpc) is 2.33. The minimum atomic E-state index is -0.780. The molecule has 0 radical (unpaired) electrons. The van der Waals surface area contributed by atoms with Crippen LogP contribution in [0.3, 0.4) is 0 Å². The Labute approximate surface area is 118 Å². The lowest BCUT2D eigenvalue weighted by molar-refractivity contribution is -0.160. The van der Waals surface area contributed by atoms with E-state index in [4.69, 9.17) is 4.74 Å². The largest absolute Gasteiger partial charge is 0.481 e. The van der Waals surface area contributed by atoms with Crippen molar-refractivity contribution in [3.05, 3.63) is 12.7 Å². The van der Waals surface area contributed by atoms with Gasteiger partial charge in [0.25, 0.3) is 0 Å². The van der Waals surface area contributed by atoms with Crippen molar-refractivity contribution in [1.82, 2.24) is 5.32 Å². The molecule has 4 aliphatic carbocycles.